The van der Waals surface area contributed by atoms with Crippen LogP contribution in [0.5, 0.6) is 0 Å². The predicted octanol–water partition coefficient (Wildman–Crippen LogP) is 1.53. The summed E-state index contributed by atoms with van der Waals surface area (Å²) in [6, 6.07) is 3.02. The average Bonchev–Trinajstić information content (AvgIpc) is 3.30. The molecule has 0 saturated heterocycles. The van der Waals surface area contributed by atoms with Crippen LogP contribution in [-0.4, -0.2) is 69.0 Å². The Labute approximate surface area is 233 Å². The molecule has 8 N–H and O–H groups in total. The summed E-state index contributed by atoms with van der Waals surface area (Å²) in [4.78, 5) is 65.4. The molecule has 0 spiro atoms. The van der Waals surface area contributed by atoms with Crippen LogP contribution in [0, 0.1) is 11.8 Å². The molecule has 40 heavy (non-hydrogen) atoms. The molecule has 5 unspecified atom stereocenters. The lowest BCUT2D eigenvalue weighted by atomic mass is 9.96. The molecular formula is C28H41N5O7. The van der Waals surface area contributed by atoms with Gasteiger partial charge in [0.25, 0.3) is 0 Å². The van der Waals surface area contributed by atoms with E-state index >= 15 is 0 Å². The number of hydrogen-bond acceptors (Lipinski definition) is 6. The van der Waals surface area contributed by atoms with Gasteiger partial charge in [0.05, 0.1) is 6.04 Å². The highest BCUT2D eigenvalue weighted by molar-refractivity contribution is 5.95. The van der Waals surface area contributed by atoms with Gasteiger partial charge in [0, 0.05) is 29.9 Å². The van der Waals surface area contributed by atoms with E-state index in [-0.39, 0.29) is 18.8 Å². The zero-order valence-corrected chi connectivity index (χ0v) is 23.4. The Bertz CT molecular complexity index is 1190. The third kappa shape index (κ3) is 9.37. The van der Waals surface area contributed by atoms with Gasteiger partial charge in [0.2, 0.25) is 17.7 Å². The number of nitrogens with one attached hydrogen (secondary N) is 4. The van der Waals surface area contributed by atoms with Gasteiger partial charge < -0.3 is 36.9 Å². The van der Waals surface area contributed by atoms with Gasteiger partial charge in [-0.15, -0.1) is 0 Å². The fourth-order valence-corrected chi connectivity index (χ4v) is 4.37. The highest BCUT2D eigenvalue weighted by Gasteiger charge is 2.33. The fraction of sp³-hybridized carbons (Fsp3) is 0.536. The zero-order valence-electron chi connectivity index (χ0n) is 23.4. The zero-order chi connectivity index (χ0) is 30.0. The molecule has 12 nitrogen and oxygen atoms in total. The highest BCUT2D eigenvalue weighted by atomic mass is 16.4. The minimum atomic E-state index is -1.44. The molecule has 0 aliphatic heterocycles. The number of carbonyl (C=O) groups excluding carboxylic acids is 3. The Morgan fingerprint density at radius 2 is 1.57 bits per heavy atom. The van der Waals surface area contributed by atoms with E-state index in [1.54, 1.807) is 13.1 Å². The molecule has 0 fully saturated rings. The van der Waals surface area contributed by atoms with Crippen molar-refractivity contribution in [2.75, 3.05) is 0 Å². The van der Waals surface area contributed by atoms with Crippen molar-refractivity contribution in [1.29, 1.82) is 0 Å². The molecule has 1 aromatic carbocycles. The average molecular weight is 560 g/mol. The lowest BCUT2D eigenvalue weighted by Gasteiger charge is -2.28. The van der Waals surface area contributed by atoms with Gasteiger partial charge in [-0.1, -0.05) is 52.3 Å². The molecule has 3 amide bonds. The van der Waals surface area contributed by atoms with E-state index in [1.807, 2.05) is 45.0 Å². The third-order valence-corrected chi connectivity index (χ3v) is 6.85. The van der Waals surface area contributed by atoms with Crippen LogP contribution in [0.25, 0.3) is 10.9 Å². The molecule has 1 heterocycles. The molecule has 5 atom stereocenters. The number of para-hydroxylation sites is 1. The Kier molecular flexibility index (Phi) is 12.1. The normalized spacial score (nSPS) is 15.1. The summed E-state index contributed by atoms with van der Waals surface area (Å²) in [5.74, 6) is -4.71. The SMILES string of the molecule is CCC(C)C(NC(=O)C(Cc1c[nH]c2ccccc12)NC(=O)C(N)CC(C)C)C(=O)NC(CCC(=O)O)C(=O)O. The van der Waals surface area contributed by atoms with E-state index in [1.165, 1.54) is 0 Å². The molecule has 0 aliphatic carbocycles. The number of hydrogen-bond donors (Lipinski definition) is 7. The van der Waals surface area contributed by atoms with Crippen LogP contribution in [0.1, 0.15) is 58.9 Å². The number of benzene rings is 1. The molecule has 0 bridgehead atoms. The van der Waals surface area contributed by atoms with Crippen molar-refractivity contribution in [1.82, 2.24) is 20.9 Å². The monoisotopic (exact) mass is 559 g/mol. The Morgan fingerprint density at radius 1 is 0.925 bits per heavy atom. The Morgan fingerprint density at radius 3 is 2.17 bits per heavy atom. The number of aliphatic carboxylic acids is 2. The summed E-state index contributed by atoms with van der Waals surface area (Å²) in [7, 11) is 0. The molecule has 0 saturated carbocycles. The largest absolute Gasteiger partial charge is 0.481 e. The van der Waals surface area contributed by atoms with E-state index in [0.29, 0.717) is 12.8 Å². The molecule has 0 radical (unpaired) electrons. The van der Waals surface area contributed by atoms with E-state index in [2.05, 4.69) is 20.9 Å². The number of carboxylic acid groups (broad SMARTS) is 2. The van der Waals surface area contributed by atoms with Gasteiger partial charge in [0.1, 0.15) is 18.1 Å². The maximum atomic E-state index is 13.6. The molecule has 0 aliphatic rings. The number of amides is 3. The summed E-state index contributed by atoms with van der Waals surface area (Å²) in [5.41, 5.74) is 7.71. The number of aromatic nitrogens is 1. The van der Waals surface area contributed by atoms with E-state index in [0.717, 1.165) is 16.5 Å². The van der Waals surface area contributed by atoms with Gasteiger partial charge >= 0.3 is 11.9 Å². The number of nitrogens with two attached hydrogens (primary N) is 1. The van der Waals surface area contributed by atoms with Gasteiger partial charge in [-0.3, -0.25) is 19.2 Å². The molecule has 12 heteroatoms. The molecule has 1 aromatic heterocycles. The van der Waals surface area contributed by atoms with E-state index < -0.39 is 66.2 Å². The van der Waals surface area contributed by atoms with Crippen LogP contribution in [-0.2, 0) is 30.4 Å². The summed E-state index contributed by atoms with van der Waals surface area (Å²) < 4.78 is 0. The van der Waals surface area contributed by atoms with Crippen molar-refractivity contribution in [2.24, 2.45) is 17.6 Å². The number of fused-ring (bicyclic) bond motifs is 1. The first-order valence-electron chi connectivity index (χ1n) is 13.5. The lowest BCUT2D eigenvalue weighted by molar-refractivity contribution is -0.143. The van der Waals surface area contributed by atoms with Crippen molar-refractivity contribution >= 4 is 40.6 Å². The molecule has 2 aromatic rings. The standard InChI is InChI=1S/C28H41N5O7/c1-5-16(4)24(27(38)31-21(28(39)40)10-11-23(34)35)33-26(37)22(32-25(36)19(29)12-15(2)3)13-17-14-30-20-9-7-6-8-18(17)20/h6-9,14-16,19,21-22,24,30H,5,10-13,29H2,1-4H3,(H,31,38)(H,32,36)(H,33,37)(H,34,35)(H,39,40). The third-order valence-electron chi connectivity index (χ3n) is 6.85. The van der Waals surface area contributed by atoms with Crippen LogP contribution in [0.2, 0.25) is 0 Å². The lowest BCUT2D eigenvalue weighted by Crippen LogP contribution is -2.59. The topological polar surface area (TPSA) is 204 Å². The van der Waals surface area contributed by atoms with Crippen molar-refractivity contribution in [3.05, 3.63) is 36.0 Å². The maximum absolute atomic E-state index is 13.6. The van der Waals surface area contributed by atoms with Crippen LogP contribution in [0.3, 0.4) is 0 Å². The number of carbonyl (C=O) groups is 5. The van der Waals surface area contributed by atoms with Crippen LogP contribution >= 0.6 is 0 Å². The summed E-state index contributed by atoms with van der Waals surface area (Å²) in [6.45, 7) is 7.40. The van der Waals surface area contributed by atoms with E-state index in [4.69, 9.17) is 10.8 Å². The van der Waals surface area contributed by atoms with Gasteiger partial charge in [-0.05, 0) is 36.3 Å². The summed E-state index contributed by atoms with van der Waals surface area (Å²) in [6.07, 6.45) is 1.99. The second-order valence-electron chi connectivity index (χ2n) is 10.6. The van der Waals surface area contributed by atoms with Crippen LogP contribution in [0.15, 0.2) is 30.5 Å². The first-order chi connectivity index (χ1) is 18.8. The fourth-order valence-electron chi connectivity index (χ4n) is 4.37. The smallest absolute Gasteiger partial charge is 0.326 e. The van der Waals surface area contributed by atoms with Gasteiger partial charge in [0.15, 0.2) is 0 Å². The van der Waals surface area contributed by atoms with Crippen molar-refractivity contribution in [3.8, 4) is 0 Å². The van der Waals surface area contributed by atoms with E-state index in [9.17, 15) is 29.1 Å². The van der Waals surface area contributed by atoms with Gasteiger partial charge in [-0.2, -0.15) is 0 Å². The van der Waals surface area contributed by atoms with Crippen molar-refractivity contribution in [2.45, 2.75) is 84.0 Å². The molecule has 220 valence electrons. The number of aromatic amines is 1. The van der Waals surface area contributed by atoms with Crippen molar-refractivity contribution in [3.63, 3.8) is 0 Å². The van der Waals surface area contributed by atoms with Crippen LogP contribution < -0.4 is 21.7 Å². The summed E-state index contributed by atoms with van der Waals surface area (Å²) in [5, 5.41) is 27.0. The highest BCUT2D eigenvalue weighted by Crippen LogP contribution is 2.20. The molecule has 2 rings (SSSR count). The number of rotatable bonds is 16. The van der Waals surface area contributed by atoms with Crippen molar-refractivity contribution < 1.29 is 34.2 Å². The Balaban J connectivity index is 2.31. The predicted molar refractivity (Wildman–Crippen MR) is 149 cm³/mol. The first kappa shape index (κ1) is 32.3. The van der Waals surface area contributed by atoms with Crippen LogP contribution in [0.4, 0.5) is 0 Å². The quantitative estimate of drug-likeness (QED) is 0.160. The second kappa shape index (κ2) is 15.0. The Hall–Kier alpha value is -3.93. The second-order valence-corrected chi connectivity index (χ2v) is 10.6. The number of carboxylic acids is 2. The first-order valence-corrected chi connectivity index (χ1v) is 13.5. The maximum Gasteiger partial charge on any atom is 0.326 e. The minimum Gasteiger partial charge on any atom is -0.481 e. The minimum absolute atomic E-state index is 0.112. The van der Waals surface area contributed by atoms with Gasteiger partial charge in [-0.25, -0.2) is 4.79 Å². The number of H-pyrrole nitrogens is 1. The summed E-state index contributed by atoms with van der Waals surface area (Å²) >= 11 is 0. The molecular weight excluding hydrogens is 518 g/mol.